The Labute approximate surface area is 252 Å². The highest BCUT2D eigenvalue weighted by Crippen LogP contribution is 2.47. The molecule has 240 valence electrons. The summed E-state index contributed by atoms with van der Waals surface area (Å²) in [6, 6.07) is 0.483. The van der Waals surface area contributed by atoms with Crippen LogP contribution in [0.5, 0.6) is 0 Å². The van der Waals surface area contributed by atoms with Crippen molar-refractivity contribution in [2.45, 2.75) is 179 Å². The first kappa shape index (κ1) is 33.6. The van der Waals surface area contributed by atoms with Crippen LogP contribution in [0.4, 0.5) is 0 Å². The normalized spacial score (nSPS) is 32.5. The van der Waals surface area contributed by atoms with E-state index < -0.39 is 11.6 Å². The van der Waals surface area contributed by atoms with Gasteiger partial charge in [-0.1, -0.05) is 90.9 Å². The Morgan fingerprint density at radius 2 is 1.44 bits per heavy atom. The Kier molecular flexibility index (Phi) is 14.2. The zero-order valence-electron chi connectivity index (χ0n) is 27.2. The van der Waals surface area contributed by atoms with Gasteiger partial charge in [0.2, 0.25) is 5.79 Å². The zero-order valence-corrected chi connectivity index (χ0v) is 27.2. The summed E-state index contributed by atoms with van der Waals surface area (Å²) in [6.07, 6.45) is 22.6. The molecule has 4 fully saturated rings. The van der Waals surface area contributed by atoms with Crippen molar-refractivity contribution >= 4 is 0 Å². The maximum Gasteiger partial charge on any atom is 0.224 e. The van der Waals surface area contributed by atoms with Crippen LogP contribution in [-0.2, 0) is 23.8 Å². The van der Waals surface area contributed by atoms with Gasteiger partial charge >= 0.3 is 0 Å². The van der Waals surface area contributed by atoms with E-state index in [4.69, 9.17) is 23.8 Å². The molecule has 1 unspecified atom stereocenters. The van der Waals surface area contributed by atoms with Gasteiger partial charge in [-0.05, 0) is 65.5 Å². The van der Waals surface area contributed by atoms with Crippen LogP contribution in [0.25, 0.3) is 0 Å². The predicted molar refractivity (Wildman–Crippen MR) is 165 cm³/mol. The van der Waals surface area contributed by atoms with E-state index in [0.29, 0.717) is 12.6 Å². The van der Waals surface area contributed by atoms with Crippen molar-refractivity contribution in [2.75, 3.05) is 39.4 Å². The Hall–Kier alpha value is -0.280. The van der Waals surface area contributed by atoms with E-state index in [-0.39, 0.29) is 18.3 Å². The summed E-state index contributed by atoms with van der Waals surface area (Å²) in [5.74, 6) is -1.64. The van der Waals surface area contributed by atoms with Gasteiger partial charge in [0.25, 0.3) is 0 Å². The highest BCUT2D eigenvalue weighted by molar-refractivity contribution is 5.04. The maximum atomic E-state index is 6.90. The highest BCUT2D eigenvalue weighted by Gasteiger charge is 2.66. The molecule has 4 rings (SSSR count). The molecular formula is C34H64N2O5. The molecule has 0 aliphatic carbocycles. The van der Waals surface area contributed by atoms with Gasteiger partial charge in [-0.15, -0.1) is 0 Å². The average Bonchev–Trinajstić information content (AvgIpc) is 3.47. The summed E-state index contributed by atoms with van der Waals surface area (Å²) >= 11 is 0. The Bertz CT molecular complexity index is 715. The van der Waals surface area contributed by atoms with Gasteiger partial charge in [-0.25, -0.2) is 0 Å². The number of rotatable bonds is 19. The minimum atomic E-state index is -0.914. The van der Waals surface area contributed by atoms with Crippen LogP contribution in [0.2, 0.25) is 0 Å². The Morgan fingerprint density at radius 3 is 2.12 bits per heavy atom. The molecule has 0 aromatic carbocycles. The van der Waals surface area contributed by atoms with Crippen molar-refractivity contribution in [1.82, 2.24) is 9.96 Å². The molecule has 5 atom stereocenters. The van der Waals surface area contributed by atoms with Gasteiger partial charge in [0, 0.05) is 25.7 Å². The van der Waals surface area contributed by atoms with Crippen molar-refractivity contribution in [3.05, 3.63) is 0 Å². The van der Waals surface area contributed by atoms with Gasteiger partial charge in [0.15, 0.2) is 5.79 Å². The number of fused-ring (bicyclic) bond motifs is 1. The molecule has 4 aliphatic heterocycles. The third-order valence-electron chi connectivity index (χ3n) is 9.56. The molecule has 4 saturated heterocycles. The van der Waals surface area contributed by atoms with E-state index in [9.17, 15) is 0 Å². The van der Waals surface area contributed by atoms with Gasteiger partial charge in [-0.3, -0.25) is 4.84 Å². The highest BCUT2D eigenvalue weighted by atomic mass is 16.9. The van der Waals surface area contributed by atoms with E-state index in [1.807, 2.05) is 13.8 Å². The Morgan fingerprint density at radius 1 is 0.756 bits per heavy atom. The average molecular weight is 581 g/mol. The molecule has 0 aromatic rings. The molecule has 41 heavy (non-hydrogen) atoms. The second-order valence-corrected chi connectivity index (χ2v) is 13.8. The number of likely N-dealkylation sites (tertiary alicyclic amines) is 1. The first-order valence-electron chi connectivity index (χ1n) is 17.8. The SMILES string of the molecule is CCCCCCCCCCCCOC[C@@]12O[C@@H](CN3CCCCCC3)[C@@H](ON3CCCC3CCC)[C@@H]1OC(C)(C)O2. The van der Waals surface area contributed by atoms with Gasteiger partial charge < -0.3 is 23.8 Å². The van der Waals surface area contributed by atoms with Crippen molar-refractivity contribution in [3.63, 3.8) is 0 Å². The molecule has 0 amide bonds. The van der Waals surface area contributed by atoms with Crippen LogP contribution in [0, 0.1) is 0 Å². The van der Waals surface area contributed by atoms with Crippen molar-refractivity contribution in [3.8, 4) is 0 Å². The number of hydroxylamine groups is 2. The molecule has 0 aromatic heterocycles. The topological polar surface area (TPSA) is 52.6 Å². The van der Waals surface area contributed by atoms with Gasteiger partial charge in [-0.2, -0.15) is 5.06 Å². The fraction of sp³-hybridized carbons (Fsp3) is 1.00. The summed E-state index contributed by atoms with van der Waals surface area (Å²) in [5.41, 5.74) is 0. The standard InChI is InChI=1S/C34H64N2O5/c1-5-7-8-9-10-11-12-13-16-19-26-37-28-34-32(39-33(3,4)41-34)31(40-36-25-20-22-29(36)21-6-2)30(38-34)27-35-23-17-14-15-18-24-35/h29-32H,5-28H2,1-4H3/t29?,30-,31+,32-,34-/m0/s1. The summed E-state index contributed by atoms with van der Waals surface area (Å²) in [5, 5.41) is 2.25. The predicted octanol–water partition coefficient (Wildman–Crippen LogP) is 7.61. The number of nitrogens with zero attached hydrogens (tertiary/aromatic N) is 2. The summed E-state index contributed by atoms with van der Waals surface area (Å²) < 4.78 is 26.4. The lowest BCUT2D eigenvalue weighted by Gasteiger charge is -2.33. The molecular weight excluding hydrogens is 516 g/mol. The van der Waals surface area contributed by atoms with Crippen molar-refractivity contribution < 1.29 is 23.8 Å². The van der Waals surface area contributed by atoms with Crippen molar-refractivity contribution in [1.29, 1.82) is 0 Å². The molecule has 0 bridgehead atoms. The molecule has 4 heterocycles. The molecule has 0 radical (unpaired) electrons. The van der Waals surface area contributed by atoms with Crippen LogP contribution in [0.3, 0.4) is 0 Å². The fourth-order valence-electron chi connectivity index (χ4n) is 7.44. The number of hydrogen-bond acceptors (Lipinski definition) is 7. The third-order valence-corrected chi connectivity index (χ3v) is 9.56. The lowest BCUT2D eigenvalue weighted by atomic mass is 10.0. The first-order valence-corrected chi connectivity index (χ1v) is 17.8. The summed E-state index contributed by atoms with van der Waals surface area (Å²) in [7, 11) is 0. The lowest BCUT2D eigenvalue weighted by Crippen LogP contribution is -2.48. The molecule has 0 spiro atoms. The van der Waals surface area contributed by atoms with Gasteiger partial charge in [0.1, 0.15) is 24.9 Å². The maximum absolute atomic E-state index is 6.90. The molecule has 7 nitrogen and oxygen atoms in total. The van der Waals surface area contributed by atoms with E-state index in [2.05, 4.69) is 23.8 Å². The van der Waals surface area contributed by atoms with E-state index >= 15 is 0 Å². The number of unbranched alkanes of at least 4 members (excludes halogenated alkanes) is 9. The number of hydrogen-bond donors (Lipinski definition) is 0. The second kappa shape index (κ2) is 17.3. The minimum Gasteiger partial charge on any atom is -0.376 e. The Balaban J connectivity index is 1.32. The van der Waals surface area contributed by atoms with Crippen molar-refractivity contribution in [2.24, 2.45) is 0 Å². The summed E-state index contributed by atoms with van der Waals surface area (Å²) in [6.45, 7) is 13.8. The summed E-state index contributed by atoms with van der Waals surface area (Å²) in [4.78, 5) is 9.46. The molecule has 0 N–H and O–H groups in total. The molecule has 4 aliphatic rings. The van der Waals surface area contributed by atoms with Crippen LogP contribution < -0.4 is 0 Å². The van der Waals surface area contributed by atoms with E-state index in [1.54, 1.807) is 0 Å². The van der Waals surface area contributed by atoms with Crippen LogP contribution >= 0.6 is 0 Å². The monoisotopic (exact) mass is 580 g/mol. The van der Waals surface area contributed by atoms with Crippen LogP contribution in [-0.4, -0.2) is 85.3 Å². The van der Waals surface area contributed by atoms with E-state index in [0.717, 1.165) is 39.2 Å². The number of ether oxygens (including phenoxy) is 4. The smallest absolute Gasteiger partial charge is 0.224 e. The first-order chi connectivity index (χ1) is 20.0. The fourth-order valence-corrected chi connectivity index (χ4v) is 7.44. The molecule has 0 saturated carbocycles. The van der Waals surface area contributed by atoms with Gasteiger partial charge in [0.05, 0.1) is 0 Å². The van der Waals surface area contributed by atoms with E-state index in [1.165, 1.54) is 109 Å². The molecule has 7 heteroatoms. The lowest BCUT2D eigenvalue weighted by molar-refractivity contribution is -0.289. The minimum absolute atomic E-state index is 0.0991. The van der Waals surface area contributed by atoms with Crippen LogP contribution in [0.1, 0.15) is 143 Å². The second-order valence-electron chi connectivity index (χ2n) is 13.8. The van der Waals surface area contributed by atoms with Crippen LogP contribution in [0.15, 0.2) is 0 Å². The quantitative estimate of drug-likeness (QED) is 0.146. The largest absolute Gasteiger partial charge is 0.376 e. The third kappa shape index (κ3) is 10.1. The zero-order chi connectivity index (χ0) is 29.0.